The summed E-state index contributed by atoms with van der Waals surface area (Å²) in [5, 5.41) is 3.13. The summed E-state index contributed by atoms with van der Waals surface area (Å²) in [6.45, 7) is 4.17. The van der Waals surface area contributed by atoms with Crippen LogP contribution in [0.5, 0.6) is 0 Å². The second-order valence-electron chi connectivity index (χ2n) is 0.990. The number of rotatable bonds is 3. The van der Waals surface area contributed by atoms with Crippen LogP contribution in [0.2, 0.25) is 0 Å². The number of nitrogens with one attached hydrogen (secondary N) is 1. The second kappa shape index (κ2) is 5.41. The molecule has 0 aliphatic heterocycles. The Hall–Kier alpha value is 0.414. The van der Waals surface area contributed by atoms with Gasteiger partial charge in [-0.05, 0) is 0 Å². The first-order chi connectivity index (χ1) is 2.91. The third-order valence-electron chi connectivity index (χ3n) is 0.486. The summed E-state index contributed by atoms with van der Waals surface area (Å²) >= 11 is 2.42. The average molecular weight is 122 g/mol. The molecule has 0 aromatic heterocycles. The van der Waals surface area contributed by atoms with Crippen molar-refractivity contribution in [3.05, 3.63) is 0 Å². The van der Waals surface area contributed by atoms with E-state index < -0.39 is 0 Å². The molecule has 0 aliphatic carbocycles. The van der Waals surface area contributed by atoms with Crippen molar-refractivity contribution in [2.75, 3.05) is 13.1 Å². The van der Waals surface area contributed by atoms with Gasteiger partial charge in [0, 0.05) is 0 Å². The van der Waals surface area contributed by atoms with Gasteiger partial charge in [0.05, 0.1) is 0 Å². The molecule has 0 aromatic carbocycles. The summed E-state index contributed by atoms with van der Waals surface area (Å²) in [5.74, 6) is 0. The number of hydrogen-bond acceptors (Lipinski definition) is 1. The molecule has 0 aliphatic rings. The fourth-order valence-corrected chi connectivity index (χ4v) is 0.410. The first kappa shape index (κ1) is 6.41. The standard InChI is InChI=1S/C4H9N.V/c1-3-5-4-2;/h1,5H,3-4H2,2H3;. The van der Waals surface area contributed by atoms with Crippen molar-refractivity contribution in [2.45, 2.75) is 6.92 Å². The molecule has 0 atom stereocenters. The van der Waals surface area contributed by atoms with Crippen molar-refractivity contribution in [3.8, 4) is 0 Å². The predicted molar refractivity (Wildman–Crippen MR) is 24.6 cm³/mol. The maximum absolute atomic E-state index is 3.13. The molecule has 0 bridgehead atoms. The Balaban J connectivity index is 2.49. The molecule has 0 heterocycles. The van der Waals surface area contributed by atoms with Crippen LogP contribution in [0.25, 0.3) is 0 Å². The summed E-state index contributed by atoms with van der Waals surface area (Å²) < 4.78 is 2.04. The Kier molecular flexibility index (Phi) is 5.79. The van der Waals surface area contributed by atoms with Crippen molar-refractivity contribution < 1.29 is 17.0 Å². The first-order valence-corrected chi connectivity index (χ1v) is 2.89. The van der Waals surface area contributed by atoms with E-state index in [-0.39, 0.29) is 0 Å². The Bertz CT molecular complexity index is 36.5. The molecule has 35 valence electrons. The minimum atomic E-state index is 1.01. The van der Waals surface area contributed by atoms with Crippen LogP contribution in [0, 0.1) is 0 Å². The topological polar surface area (TPSA) is 12.0 Å². The van der Waals surface area contributed by atoms with E-state index in [1.54, 1.807) is 0 Å². The van der Waals surface area contributed by atoms with Gasteiger partial charge in [0.25, 0.3) is 0 Å². The van der Waals surface area contributed by atoms with E-state index in [4.69, 9.17) is 0 Å². The zero-order valence-corrected chi connectivity index (χ0v) is 5.34. The van der Waals surface area contributed by atoms with Crippen LogP contribution >= 0.6 is 0 Å². The van der Waals surface area contributed by atoms with Gasteiger partial charge >= 0.3 is 47.0 Å². The van der Waals surface area contributed by atoms with E-state index in [1.165, 1.54) is 0 Å². The third kappa shape index (κ3) is 4.41. The fourth-order valence-electron chi connectivity index (χ4n) is 0.209. The molecule has 0 rings (SSSR count). The molecule has 1 N–H and O–H groups in total. The summed E-state index contributed by atoms with van der Waals surface area (Å²) in [6.07, 6.45) is 0. The first-order valence-electron chi connectivity index (χ1n) is 2.08. The van der Waals surface area contributed by atoms with E-state index in [0.717, 1.165) is 13.1 Å². The van der Waals surface area contributed by atoms with E-state index in [1.807, 2.05) is 4.73 Å². The zero-order valence-electron chi connectivity index (χ0n) is 3.94. The van der Waals surface area contributed by atoms with Gasteiger partial charge in [-0.2, -0.15) is 0 Å². The van der Waals surface area contributed by atoms with Crippen molar-refractivity contribution >= 4 is 4.73 Å². The molecule has 0 spiro atoms. The van der Waals surface area contributed by atoms with Crippen molar-refractivity contribution in [2.24, 2.45) is 0 Å². The molecular weight excluding hydrogens is 113 g/mol. The number of hydrogen-bond donors (Lipinski definition) is 1. The summed E-state index contributed by atoms with van der Waals surface area (Å²) in [4.78, 5) is 0. The SMILES string of the molecule is CCNC[CH]=[V]. The van der Waals surface area contributed by atoms with Gasteiger partial charge in [-0.3, -0.25) is 0 Å². The summed E-state index contributed by atoms with van der Waals surface area (Å²) in [5.41, 5.74) is 0. The van der Waals surface area contributed by atoms with Gasteiger partial charge in [-0.15, -0.1) is 0 Å². The van der Waals surface area contributed by atoms with E-state index in [0.29, 0.717) is 0 Å². The maximum atomic E-state index is 3.13. The molecule has 1 nitrogen and oxygen atoms in total. The molecule has 0 aromatic rings. The minimum absolute atomic E-state index is 1.01. The molecule has 0 saturated carbocycles. The predicted octanol–water partition coefficient (Wildman–Crippen LogP) is -0.0551. The van der Waals surface area contributed by atoms with Gasteiger partial charge in [0.15, 0.2) is 0 Å². The van der Waals surface area contributed by atoms with Gasteiger partial charge in [-0.25, -0.2) is 0 Å². The van der Waals surface area contributed by atoms with Crippen LogP contribution in [-0.2, 0) is 17.0 Å². The Morgan fingerprint density at radius 1 is 1.83 bits per heavy atom. The quantitative estimate of drug-likeness (QED) is 0.517. The average Bonchev–Trinajstić information content (AvgIpc) is 1.61. The fraction of sp³-hybridized carbons (Fsp3) is 0.750. The Morgan fingerprint density at radius 3 is 2.67 bits per heavy atom. The third-order valence-corrected chi connectivity index (χ3v) is 0.771. The van der Waals surface area contributed by atoms with E-state index >= 15 is 0 Å². The second-order valence-corrected chi connectivity index (χ2v) is 1.56. The molecule has 2 heteroatoms. The van der Waals surface area contributed by atoms with Gasteiger partial charge in [0.2, 0.25) is 0 Å². The van der Waals surface area contributed by atoms with Gasteiger partial charge in [-0.1, -0.05) is 0 Å². The molecule has 6 heavy (non-hydrogen) atoms. The van der Waals surface area contributed by atoms with Crippen LogP contribution in [0.1, 0.15) is 6.92 Å². The molecule has 0 saturated heterocycles. The van der Waals surface area contributed by atoms with Crippen LogP contribution in [0.15, 0.2) is 0 Å². The van der Waals surface area contributed by atoms with Crippen molar-refractivity contribution in [3.63, 3.8) is 0 Å². The zero-order chi connectivity index (χ0) is 4.83. The Labute approximate surface area is 47.6 Å². The normalized spacial score (nSPS) is 8.00. The monoisotopic (exact) mass is 122 g/mol. The van der Waals surface area contributed by atoms with Gasteiger partial charge in [0.1, 0.15) is 0 Å². The van der Waals surface area contributed by atoms with Crippen LogP contribution in [0.3, 0.4) is 0 Å². The van der Waals surface area contributed by atoms with Gasteiger partial charge < -0.3 is 0 Å². The molecular formula is C4H9NV. The summed E-state index contributed by atoms with van der Waals surface area (Å²) in [7, 11) is 0. The van der Waals surface area contributed by atoms with E-state index in [9.17, 15) is 0 Å². The Morgan fingerprint density at radius 2 is 2.50 bits per heavy atom. The summed E-state index contributed by atoms with van der Waals surface area (Å²) in [6, 6.07) is 0. The molecule has 0 fully saturated rings. The van der Waals surface area contributed by atoms with E-state index in [2.05, 4.69) is 29.2 Å². The van der Waals surface area contributed by atoms with Crippen LogP contribution < -0.4 is 5.32 Å². The molecule has 0 amide bonds. The van der Waals surface area contributed by atoms with Crippen LogP contribution in [0.4, 0.5) is 0 Å². The van der Waals surface area contributed by atoms with Crippen molar-refractivity contribution in [1.82, 2.24) is 5.32 Å². The molecule has 0 radical (unpaired) electrons. The van der Waals surface area contributed by atoms with Crippen LogP contribution in [-0.4, -0.2) is 17.8 Å². The van der Waals surface area contributed by atoms with Crippen molar-refractivity contribution in [1.29, 1.82) is 0 Å². The molecule has 0 unspecified atom stereocenters.